The van der Waals surface area contributed by atoms with Gasteiger partial charge in [-0.3, -0.25) is 9.59 Å². The Morgan fingerprint density at radius 1 is 1.03 bits per heavy atom. The van der Waals surface area contributed by atoms with Gasteiger partial charge in [0.15, 0.2) is 17.7 Å². The number of aliphatic hydroxyl groups is 1. The normalized spacial score (nSPS) is 35.7. The van der Waals surface area contributed by atoms with Gasteiger partial charge in [0.1, 0.15) is 31.3 Å². The van der Waals surface area contributed by atoms with Crippen molar-refractivity contribution in [2.24, 2.45) is 28.8 Å². The fourth-order valence-corrected chi connectivity index (χ4v) is 9.77. The van der Waals surface area contributed by atoms with Crippen molar-refractivity contribution in [3.63, 3.8) is 0 Å². The highest BCUT2D eigenvalue weighted by molar-refractivity contribution is 6.00. The molecule has 2 aromatic rings. The SMILES string of the molecule is CCCC[C@H]1OC(=O)[C@H](C)C(=O)[C@H](C)[C@@H](OC2O[C@H](C)C[C@H](N(C)C)[C@H]2O)[C@@](C)(OC)C[C@@H](C)/C(=N\OC)[C@H](C)C2N(NCCCn3cnc(-c4ccccc4)c3)C(=O)O[C@@]21C. The molecular formula is C46H72N6O10. The number of oxime groups is 1. The summed E-state index contributed by atoms with van der Waals surface area (Å²) in [4.78, 5) is 55.0. The predicted octanol–water partition coefficient (Wildman–Crippen LogP) is 5.86. The minimum atomic E-state index is -1.37. The van der Waals surface area contributed by atoms with Gasteiger partial charge in [-0.2, -0.15) is 0 Å². The van der Waals surface area contributed by atoms with Gasteiger partial charge in [0.2, 0.25) is 0 Å². The molecular weight excluding hydrogens is 797 g/mol. The Labute approximate surface area is 367 Å². The van der Waals surface area contributed by atoms with Crippen LogP contribution >= 0.6 is 0 Å². The number of unbranched alkanes of at least 4 members (excludes halogenated alkanes) is 1. The van der Waals surface area contributed by atoms with E-state index in [2.05, 4.69) is 15.6 Å². The zero-order valence-corrected chi connectivity index (χ0v) is 38.9. The molecule has 0 bridgehead atoms. The number of cyclic esters (lactones) is 1. The smallest absolute Gasteiger partial charge is 0.425 e. The molecule has 1 aromatic carbocycles. The second kappa shape index (κ2) is 21.2. The first-order chi connectivity index (χ1) is 29.4. The summed E-state index contributed by atoms with van der Waals surface area (Å²) in [5.41, 5.74) is 3.29. The summed E-state index contributed by atoms with van der Waals surface area (Å²) in [5, 5.41) is 17.7. The van der Waals surface area contributed by atoms with Crippen LogP contribution in [0, 0.1) is 23.7 Å². The van der Waals surface area contributed by atoms with Crippen LogP contribution < -0.4 is 5.43 Å². The quantitative estimate of drug-likeness (QED) is 0.100. The van der Waals surface area contributed by atoms with Gasteiger partial charge in [0.25, 0.3) is 0 Å². The second-order valence-corrected chi connectivity index (χ2v) is 18.2. The van der Waals surface area contributed by atoms with Crippen molar-refractivity contribution in [3.05, 3.63) is 42.9 Å². The Kier molecular flexibility index (Phi) is 16.8. The third-order valence-corrected chi connectivity index (χ3v) is 13.3. The number of aliphatic hydroxyl groups excluding tert-OH is 1. The number of esters is 1. The highest BCUT2D eigenvalue weighted by atomic mass is 16.7. The number of amides is 1. The van der Waals surface area contributed by atoms with E-state index in [9.17, 15) is 19.5 Å². The third-order valence-electron chi connectivity index (χ3n) is 13.3. The van der Waals surface area contributed by atoms with Gasteiger partial charge in [-0.05, 0) is 73.9 Å². The first kappa shape index (κ1) is 49.1. The number of fused-ring (bicyclic) bond motifs is 1. The van der Waals surface area contributed by atoms with Crippen LogP contribution in [-0.4, -0.2) is 137 Å². The van der Waals surface area contributed by atoms with Crippen molar-refractivity contribution >= 4 is 23.6 Å². The molecule has 2 N–H and O–H groups in total. The summed E-state index contributed by atoms with van der Waals surface area (Å²) in [6, 6.07) is 8.95. The largest absolute Gasteiger partial charge is 0.457 e. The van der Waals surface area contributed by atoms with Gasteiger partial charge in [-0.25, -0.2) is 20.2 Å². The Morgan fingerprint density at radius 3 is 2.39 bits per heavy atom. The number of carbonyl (C=O) groups excluding carboxylic acids is 3. The monoisotopic (exact) mass is 869 g/mol. The molecule has 3 aliphatic heterocycles. The van der Waals surface area contributed by atoms with Crippen LogP contribution in [-0.2, 0) is 44.7 Å². The molecule has 13 atom stereocenters. The van der Waals surface area contributed by atoms with Gasteiger partial charge in [-0.15, -0.1) is 0 Å². The number of aryl methyl sites for hydroxylation is 1. The van der Waals surface area contributed by atoms with Crippen molar-refractivity contribution in [1.82, 2.24) is 24.9 Å². The fraction of sp³-hybridized carbons (Fsp3) is 0.717. The topological polar surface area (TPSA) is 176 Å². The molecule has 0 spiro atoms. The van der Waals surface area contributed by atoms with Crippen LogP contribution in [0.5, 0.6) is 0 Å². The molecule has 3 fully saturated rings. The number of benzene rings is 1. The average Bonchev–Trinajstić information content (AvgIpc) is 3.83. The van der Waals surface area contributed by atoms with Crippen LogP contribution in [0.15, 0.2) is 48.0 Å². The Balaban J connectivity index is 1.51. The number of aromatic nitrogens is 2. The number of hydrogen-bond donors (Lipinski definition) is 2. The van der Waals surface area contributed by atoms with Gasteiger partial charge >= 0.3 is 12.1 Å². The van der Waals surface area contributed by atoms with E-state index >= 15 is 0 Å². The maximum Gasteiger partial charge on any atom is 0.425 e. The standard InChI is InChI=1S/C46H72N6O10/c1-13-14-21-36-46(8)40(52(44(56)62-46)48-22-18-23-51-26-34(47-27-51)33-19-16-15-17-20-33)30(4)37(49-58-12)28(2)25-45(7,57-11)41(31(5)38(53)32(6)42(55)60-36)61-43-39(54)35(50(9)10)24-29(3)59-43/h15-17,19-20,26-32,35-36,39-41,43,48,54H,13-14,18,21-25H2,1-12H3/b49-37+/t28-,29-,30+,31+,32-,35+,36-,39-,40?,41-,43?,45+,46-/m1/s1. The van der Waals surface area contributed by atoms with Crippen molar-refractivity contribution in [3.8, 4) is 11.3 Å². The van der Waals surface area contributed by atoms with Gasteiger partial charge in [0.05, 0.1) is 35.5 Å². The molecule has 0 saturated carbocycles. The van der Waals surface area contributed by atoms with E-state index in [0.717, 1.165) is 17.7 Å². The summed E-state index contributed by atoms with van der Waals surface area (Å²) in [6.07, 6.45) is 2.23. The summed E-state index contributed by atoms with van der Waals surface area (Å²) in [6.45, 7) is 15.9. The van der Waals surface area contributed by atoms with E-state index in [1.807, 2.05) is 94.7 Å². The van der Waals surface area contributed by atoms with Crippen molar-refractivity contribution in [2.75, 3.05) is 34.9 Å². The average molecular weight is 869 g/mol. The van der Waals surface area contributed by atoms with E-state index in [-0.39, 0.29) is 24.5 Å². The molecule has 1 amide bonds. The van der Waals surface area contributed by atoms with Crippen LogP contribution in [0.1, 0.15) is 93.9 Å². The highest BCUT2D eigenvalue weighted by Gasteiger charge is 2.61. The van der Waals surface area contributed by atoms with Gasteiger partial charge in [-0.1, -0.05) is 69.6 Å². The zero-order valence-electron chi connectivity index (χ0n) is 38.9. The minimum Gasteiger partial charge on any atom is -0.457 e. The molecule has 346 valence electrons. The lowest BCUT2D eigenvalue weighted by atomic mass is 9.73. The molecule has 16 nitrogen and oxygen atoms in total. The number of Topliss-reactive ketones (excluding diaryl/α,β-unsaturated/α-hetero) is 1. The maximum absolute atomic E-state index is 14.6. The summed E-state index contributed by atoms with van der Waals surface area (Å²) < 4.78 is 34.0. The number of carbonyl (C=O) groups is 3. The minimum absolute atomic E-state index is 0.246. The van der Waals surface area contributed by atoms with Crippen LogP contribution in [0.3, 0.4) is 0 Å². The number of nitrogens with zero attached hydrogens (tertiary/aromatic N) is 5. The van der Waals surface area contributed by atoms with Crippen molar-refractivity contribution in [1.29, 1.82) is 0 Å². The van der Waals surface area contributed by atoms with Crippen molar-refractivity contribution in [2.45, 2.75) is 154 Å². The molecule has 16 heteroatoms. The zero-order chi connectivity index (χ0) is 45.5. The molecule has 2 unspecified atom stereocenters. The number of nitrogens with one attached hydrogen (secondary N) is 1. The summed E-state index contributed by atoms with van der Waals surface area (Å²) in [7, 11) is 6.81. The number of ketones is 1. The van der Waals surface area contributed by atoms with Crippen LogP contribution in [0.2, 0.25) is 0 Å². The predicted molar refractivity (Wildman–Crippen MR) is 234 cm³/mol. The van der Waals surface area contributed by atoms with Crippen molar-refractivity contribution < 1.29 is 48.0 Å². The third kappa shape index (κ3) is 10.7. The molecule has 5 rings (SSSR count). The highest BCUT2D eigenvalue weighted by Crippen LogP contribution is 2.43. The first-order valence-corrected chi connectivity index (χ1v) is 22.3. The number of likely N-dealkylation sites (N-methyl/N-ethyl adjacent to an activating group) is 1. The second-order valence-electron chi connectivity index (χ2n) is 18.2. The Morgan fingerprint density at radius 2 is 1.74 bits per heavy atom. The van der Waals surface area contributed by atoms with Gasteiger partial charge < -0.3 is 43.1 Å². The van der Waals surface area contributed by atoms with Gasteiger partial charge in [0, 0.05) is 55.8 Å². The molecule has 3 aliphatic rings. The summed E-state index contributed by atoms with van der Waals surface area (Å²) >= 11 is 0. The molecule has 4 heterocycles. The van der Waals surface area contributed by atoms with E-state index in [1.165, 1.54) is 19.0 Å². The molecule has 1 aromatic heterocycles. The van der Waals surface area contributed by atoms with E-state index < -0.39 is 77.4 Å². The van der Waals surface area contributed by atoms with Crippen LogP contribution in [0.4, 0.5) is 4.79 Å². The Bertz CT molecular complexity index is 1830. The maximum atomic E-state index is 14.6. The van der Waals surface area contributed by atoms with E-state index in [1.54, 1.807) is 27.3 Å². The fourth-order valence-electron chi connectivity index (χ4n) is 9.77. The lowest BCUT2D eigenvalue weighted by molar-refractivity contribution is -0.295. The van der Waals surface area contributed by atoms with E-state index in [0.29, 0.717) is 44.5 Å². The number of hydrazine groups is 1. The molecule has 3 saturated heterocycles. The lowest BCUT2D eigenvalue weighted by Crippen LogP contribution is -2.61. The molecule has 0 radical (unpaired) electrons. The Hall–Kier alpha value is -3.93. The van der Waals surface area contributed by atoms with Crippen LogP contribution in [0.25, 0.3) is 11.3 Å². The summed E-state index contributed by atoms with van der Waals surface area (Å²) in [5.74, 6) is -4.20. The number of imidazole rings is 1. The number of hydrogen-bond acceptors (Lipinski definition) is 14. The lowest BCUT2D eigenvalue weighted by Gasteiger charge is -2.47. The number of methoxy groups -OCH3 is 1. The van der Waals surface area contributed by atoms with E-state index in [4.69, 9.17) is 28.5 Å². The first-order valence-electron chi connectivity index (χ1n) is 22.3. The number of rotatable bonds is 14. The number of ether oxygens (including phenoxy) is 5. The molecule has 62 heavy (non-hydrogen) atoms. The molecule has 0 aliphatic carbocycles.